The second-order valence-electron chi connectivity index (χ2n) is 5.23. The lowest BCUT2D eigenvalue weighted by Gasteiger charge is -2.20. The molecule has 0 spiro atoms. The Morgan fingerprint density at radius 2 is 1.71 bits per heavy atom. The molecule has 0 radical (unpaired) electrons. The van der Waals surface area contributed by atoms with Crippen molar-refractivity contribution in [1.82, 2.24) is 5.32 Å². The van der Waals surface area contributed by atoms with Crippen molar-refractivity contribution in [3.8, 4) is 5.75 Å². The molecule has 1 N–H and O–H groups in total. The first kappa shape index (κ1) is 14.0. The quantitative estimate of drug-likeness (QED) is 0.810. The summed E-state index contributed by atoms with van der Waals surface area (Å²) in [6.45, 7) is 11.8. The van der Waals surface area contributed by atoms with Gasteiger partial charge in [-0.2, -0.15) is 0 Å². The maximum absolute atomic E-state index is 5.83. The molecule has 0 fully saturated rings. The average Bonchev–Trinajstić information content (AvgIpc) is 2.25. The molecule has 96 valence electrons. The Morgan fingerprint density at radius 3 is 2.29 bits per heavy atom. The van der Waals surface area contributed by atoms with Crippen LogP contribution in [0.4, 0.5) is 0 Å². The SMILES string of the molecule is CC(C)CN[C@H](C)c1ccccc1OC(C)C. The summed E-state index contributed by atoms with van der Waals surface area (Å²) in [6, 6.07) is 8.60. The Labute approximate surface area is 105 Å². The molecule has 0 heterocycles. The van der Waals surface area contributed by atoms with Crippen molar-refractivity contribution < 1.29 is 4.74 Å². The Bertz CT molecular complexity index is 333. The molecular weight excluding hydrogens is 210 g/mol. The van der Waals surface area contributed by atoms with E-state index >= 15 is 0 Å². The smallest absolute Gasteiger partial charge is 0.124 e. The number of benzene rings is 1. The average molecular weight is 235 g/mol. The fourth-order valence-corrected chi connectivity index (χ4v) is 1.72. The van der Waals surface area contributed by atoms with Gasteiger partial charge in [-0.1, -0.05) is 32.0 Å². The zero-order valence-corrected chi connectivity index (χ0v) is 11.7. The molecule has 0 bridgehead atoms. The van der Waals surface area contributed by atoms with E-state index in [9.17, 15) is 0 Å². The first-order valence-electron chi connectivity index (χ1n) is 6.49. The lowest BCUT2D eigenvalue weighted by molar-refractivity contribution is 0.238. The molecule has 0 aromatic heterocycles. The number of rotatable bonds is 6. The van der Waals surface area contributed by atoms with Gasteiger partial charge < -0.3 is 10.1 Å². The van der Waals surface area contributed by atoms with Gasteiger partial charge in [0.25, 0.3) is 0 Å². The number of hydrogen-bond acceptors (Lipinski definition) is 2. The molecule has 2 heteroatoms. The van der Waals surface area contributed by atoms with Crippen molar-refractivity contribution in [2.24, 2.45) is 5.92 Å². The van der Waals surface area contributed by atoms with Gasteiger partial charge in [0, 0.05) is 11.6 Å². The van der Waals surface area contributed by atoms with Crippen molar-refractivity contribution in [3.05, 3.63) is 29.8 Å². The zero-order chi connectivity index (χ0) is 12.8. The van der Waals surface area contributed by atoms with E-state index in [1.54, 1.807) is 0 Å². The second-order valence-corrected chi connectivity index (χ2v) is 5.23. The molecule has 0 aliphatic rings. The monoisotopic (exact) mass is 235 g/mol. The lowest BCUT2D eigenvalue weighted by atomic mass is 10.1. The summed E-state index contributed by atoms with van der Waals surface area (Å²) in [5.41, 5.74) is 1.24. The molecule has 0 aliphatic heterocycles. The van der Waals surface area contributed by atoms with Gasteiger partial charge in [-0.3, -0.25) is 0 Å². The summed E-state index contributed by atoms with van der Waals surface area (Å²) in [7, 11) is 0. The minimum Gasteiger partial charge on any atom is -0.491 e. The molecule has 0 aliphatic carbocycles. The number of nitrogens with one attached hydrogen (secondary N) is 1. The van der Waals surface area contributed by atoms with Crippen LogP contribution in [0, 0.1) is 5.92 Å². The molecule has 1 atom stereocenters. The number of hydrogen-bond donors (Lipinski definition) is 1. The minimum absolute atomic E-state index is 0.216. The number of para-hydroxylation sites is 1. The van der Waals surface area contributed by atoms with Gasteiger partial charge in [0.1, 0.15) is 5.75 Å². The highest BCUT2D eigenvalue weighted by Gasteiger charge is 2.11. The standard InChI is InChI=1S/C15H25NO/c1-11(2)10-16-13(5)14-8-6-7-9-15(14)17-12(3)4/h6-9,11-13,16H,10H2,1-5H3/t13-/m1/s1. The fraction of sp³-hybridized carbons (Fsp3) is 0.600. The summed E-state index contributed by atoms with van der Waals surface area (Å²) in [6.07, 6.45) is 0.216. The highest BCUT2D eigenvalue weighted by Crippen LogP contribution is 2.25. The van der Waals surface area contributed by atoms with Crippen LogP contribution in [0.1, 0.15) is 46.2 Å². The fourth-order valence-electron chi connectivity index (χ4n) is 1.72. The Balaban J connectivity index is 2.74. The zero-order valence-electron chi connectivity index (χ0n) is 11.7. The molecule has 0 saturated carbocycles. The molecule has 1 rings (SSSR count). The Kier molecular flexibility index (Phi) is 5.49. The summed E-state index contributed by atoms with van der Waals surface area (Å²) >= 11 is 0. The highest BCUT2D eigenvalue weighted by atomic mass is 16.5. The van der Waals surface area contributed by atoms with Crippen LogP contribution in [0.2, 0.25) is 0 Å². The summed E-state index contributed by atoms with van der Waals surface area (Å²) in [4.78, 5) is 0. The molecule has 0 saturated heterocycles. The van der Waals surface area contributed by atoms with Gasteiger partial charge in [0.15, 0.2) is 0 Å². The molecule has 1 aromatic carbocycles. The van der Waals surface area contributed by atoms with Crippen LogP contribution in [0.25, 0.3) is 0 Å². The Morgan fingerprint density at radius 1 is 1.06 bits per heavy atom. The largest absolute Gasteiger partial charge is 0.491 e. The lowest BCUT2D eigenvalue weighted by Crippen LogP contribution is -2.24. The van der Waals surface area contributed by atoms with E-state index in [0.717, 1.165) is 12.3 Å². The van der Waals surface area contributed by atoms with E-state index < -0.39 is 0 Å². The van der Waals surface area contributed by atoms with Gasteiger partial charge in [0.05, 0.1) is 6.10 Å². The third-order valence-electron chi connectivity index (χ3n) is 2.58. The topological polar surface area (TPSA) is 21.3 Å². The van der Waals surface area contributed by atoms with Crippen LogP contribution < -0.4 is 10.1 Å². The minimum atomic E-state index is 0.216. The van der Waals surface area contributed by atoms with Crippen LogP contribution in [0.15, 0.2) is 24.3 Å². The van der Waals surface area contributed by atoms with Gasteiger partial charge in [-0.05, 0) is 39.3 Å². The van der Waals surface area contributed by atoms with Crippen molar-refractivity contribution in [2.75, 3.05) is 6.54 Å². The van der Waals surface area contributed by atoms with E-state index in [0.29, 0.717) is 12.0 Å². The maximum Gasteiger partial charge on any atom is 0.124 e. The first-order valence-corrected chi connectivity index (χ1v) is 6.49. The number of ether oxygens (including phenoxy) is 1. The first-order chi connectivity index (χ1) is 8.00. The molecule has 0 unspecified atom stereocenters. The van der Waals surface area contributed by atoms with Gasteiger partial charge in [-0.15, -0.1) is 0 Å². The van der Waals surface area contributed by atoms with Crippen molar-refractivity contribution in [1.29, 1.82) is 0 Å². The van der Waals surface area contributed by atoms with E-state index in [1.165, 1.54) is 5.56 Å². The molecule has 17 heavy (non-hydrogen) atoms. The summed E-state index contributed by atoms with van der Waals surface area (Å²) in [5.74, 6) is 1.65. The molecule has 2 nitrogen and oxygen atoms in total. The van der Waals surface area contributed by atoms with Crippen LogP contribution in [0.5, 0.6) is 5.75 Å². The van der Waals surface area contributed by atoms with Crippen LogP contribution >= 0.6 is 0 Å². The van der Waals surface area contributed by atoms with Gasteiger partial charge in [-0.25, -0.2) is 0 Å². The summed E-state index contributed by atoms with van der Waals surface area (Å²) in [5, 5.41) is 3.53. The molecule has 1 aromatic rings. The van der Waals surface area contributed by atoms with Crippen LogP contribution in [-0.2, 0) is 0 Å². The van der Waals surface area contributed by atoms with Crippen molar-refractivity contribution >= 4 is 0 Å². The Hall–Kier alpha value is -1.02. The van der Waals surface area contributed by atoms with Gasteiger partial charge >= 0.3 is 0 Å². The van der Waals surface area contributed by atoms with Crippen molar-refractivity contribution in [2.45, 2.75) is 46.8 Å². The highest BCUT2D eigenvalue weighted by molar-refractivity contribution is 5.35. The summed E-state index contributed by atoms with van der Waals surface area (Å²) < 4.78 is 5.83. The predicted molar refractivity (Wildman–Crippen MR) is 73.5 cm³/mol. The van der Waals surface area contributed by atoms with Crippen molar-refractivity contribution in [3.63, 3.8) is 0 Å². The molecule has 0 amide bonds. The van der Waals surface area contributed by atoms with Crippen LogP contribution in [0.3, 0.4) is 0 Å². The van der Waals surface area contributed by atoms with E-state index in [1.807, 2.05) is 12.1 Å². The maximum atomic E-state index is 5.83. The van der Waals surface area contributed by atoms with E-state index in [4.69, 9.17) is 4.74 Å². The normalized spacial score (nSPS) is 13.1. The second kappa shape index (κ2) is 6.65. The third-order valence-corrected chi connectivity index (χ3v) is 2.58. The van der Waals surface area contributed by atoms with Gasteiger partial charge in [0.2, 0.25) is 0 Å². The van der Waals surface area contributed by atoms with Crippen LogP contribution in [-0.4, -0.2) is 12.6 Å². The predicted octanol–water partition coefficient (Wildman–Crippen LogP) is 3.78. The van der Waals surface area contributed by atoms with E-state index in [-0.39, 0.29) is 6.10 Å². The third kappa shape index (κ3) is 4.78. The van der Waals surface area contributed by atoms with E-state index in [2.05, 4.69) is 52.1 Å². The molecular formula is C15H25NO.